The van der Waals surface area contributed by atoms with Gasteiger partial charge in [-0.25, -0.2) is 12.8 Å². The number of nitrogens with one attached hydrogen (secondary N) is 1. The molecule has 0 aliphatic rings. The van der Waals surface area contributed by atoms with Crippen LogP contribution in [0, 0.1) is 5.82 Å². The standard InChI is InChI=1S/C18H21FN2O4S/c1-26(23,24)21(13-15-7-5-6-10-17(15)19)14-18(22)20-11-12-25-16-8-3-2-4-9-16/h2-10H,11-14H2,1H3,(H,20,22). The van der Waals surface area contributed by atoms with Gasteiger partial charge in [0.05, 0.1) is 19.3 Å². The second kappa shape index (κ2) is 9.30. The number of hydrogen-bond donors (Lipinski definition) is 1. The molecule has 0 spiro atoms. The lowest BCUT2D eigenvalue weighted by atomic mass is 10.2. The monoisotopic (exact) mass is 380 g/mol. The van der Waals surface area contributed by atoms with Crippen LogP contribution in [0.3, 0.4) is 0 Å². The van der Waals surface area contributed by atoms with E-state index >= 15 is 0 Å². The van der Waals surface area contributed by atoms with E-state index in [1.165, 1.54) is 18.2 Å². The van der Waals surface area contributed by atoms with Gasteiger partial charge >= 0.3 is 0 Å². The van der Waals surface area contributed by atoms with Crippen molar-refractivity contribution in [2.24, 2.45) is 0 Å². The van der Waals surface area contributed by atoms with Gasteiger partial charge in [-0.1, -0.05) is 36.4 Å². The third-order valence-corrected chi connectivity index (χ3v) is 4.73. The summed E-state index contributed by atoms with van der Waals surface area (Å²) in [6, 6.07) is 15.0. The number of hydrogen-bond acceptors (Lipinski definition) is 4. The first-order valence-electron chi connectivity index (χ1n) is 7.99. The fourth-order valence-electron chi connectivity index (χ4n) is 2.20. The van der Waals surface area contributed by atoms with Crippen molar-refractivity contribution in [3.8, 4) is 5.75 Å². The van der Waals surface area contributed by atoms with Crippen LogP contribution in [0.1, 0.15) is 5.56 Å². The summed E-state index contributed by atoms with van der Waals surface area (Å²) in [6.07, 6.45) is 0.986. The summed E-state index contributed by atoms with van der Waals surface area (Å²) in [5.74, 6) is -0.319. The van der Waals surface area contributed by atoms with Crippen molar-refractivity contribution in [3.63, 3.8) is 0 Å². The van der Waals surface area contributed by atoms with Gasteiger partial charge in [0.1, 0.15) is 18.2 Å². The molecule has 0 unspecified atom stereocenters. The van der Waals surface area contributed by atoms with E-state index in [1.807, 2.05) is 18.2 Å². The SMILES string of the molecule is CS(=O)(=O)N(CC(=O)NCCOc1ccccc1)Cc1ccccc1F. The van der Waals surface area contributed by atoms with E-state index in [2.05, 4.69) is 5.32 Å². The number of benzene rings is 2. The van der Waals surface area contributed by atoms with Crippen molar-refractivity contribution in [2.45, 2.75) is 6.54 Å². The van der Waals surface area contributed by atoms with Crippen LogP contribution < -0.4 is 10.1 Å². The van der Waals surface area contributed by atoms with Gasteiger partial charge < -0.3 is 10.1 Å². The lowest BCUT2D eigenvalue weighted by Crippen LogP contribution is -2.41. The Hall–Kier alpha value is -2.45. The largest absolute Gasteiger partial charge is 0.492 e. The Bertz CT molecular complexity index is 828. The molecule has 140 valence electrons. The van der Waals surface area contributed by atoms with E-state index in [1.54, 1.807) is 18.2 Å². The van der Waals surface area contributed by atoms with Gasteiger partial charge in [0, 0.05) is 12.1 Å². The van der Waals surface area contributed by atoms with Gasteiger partial charge in [0.2, 0.25) is 15.9 Å². The Morgan fingerprint density at radius 2 is 1.77 bits per heavy atom. The van der Waals surface area contributed by atoms with Gasteiger partial charge in [0.25, 0.3) is 0 Å². The second-order valence-corrected chi connectivity index (χ2v) is 7.62. The minimum absolute atomic E-state index is 0.207. The average Bonchev–Trinajstić information content (AvgIpc) is 2.60. The molecule has 0 saturated carbocycles. The van der Waals surface area contributed by atoms with Gasteiger partial charge in [-0.15, -0.1) is 0 Å². The number of amides is 1. The lowest BCUT2D eigenvalue weighted by molar-refractivity contribution is -0.121. The number of sulfonamides is 1. The number of carbonyl (C=O) groups is 1. The minimum atomic E-state index is -3.67. The molecule has 0 saturated heterocycles. The summed E-state index contributed by atoms with van der Waals surface area (Å²) >= 11 is 0. The van der Waals surface area contributed by atoms with Gasteiger partial charge in [0.15, 0.2) is 0 Å². The number of ether oxygens (including phenoxy) is 1. The van der Waals surface area contributed by atoms with Crippen molar-refractivity contribution >= 4 is 15.9 Å². The first kappa shape index (κ1) is 19.9. The zero-order valence-corrected chi connectivity index (χ0v) is 15.2. The van der Waals surface area contributed by atoms with Crippen molar-refractivity contribution in [3.05, 3.63) is 66.0 Å². The molecular formula is C18H21FN2O4S. The Balaban J connectivity index is 1.85. The van der Waals surface area contributed by atoms with Crippen LogP contribution in [0.4, 0.5) is 4.39 Å². The minimum Gasteiger partial charge on any atom is -0.492 e. The number of rotatable bonds is 9. The van der Waals surface area contributed by atoms with E-state index in [0.29, 0.717) is 5.75 Å². The predicted octanol–water partition coefficient (Wildman–Crippen LogP) is 1.78. The third kappa shape index (κ3) is 6.45. The Morgan fingerprint density at radius 3 is 2.42 bits per heavy atom. The molecule has 26 heavy (non-hydrogen) atoms. The van der Waals surface area contributed by atoms with E-state index in [9.17, 15) is 17.6 Å². The summed E-state index contributed by atoms with van der Waals surface area (Å²) in [7, 11) is -3.67. The smallest absolute Gasteiger partial charge is 0.235 e. The summed E-state index contributed by atoms with van der Waals surface area (Å²) < 4.78 is 43.9. The zero-order valence-electron chi connectivity index (χ0n) is 14.4. The Kier molecular flexibility index (Phi) is 7.11. The molecule has 2 aromatic carbocycles. The quantitative estimate of drug-likeness (QED) is 0.673. The number of nitrogens with zero attached hydrogens (tertiary/aromatic N) is 1. The topological polar surface area (TPSA) is 75.7 Å². The van der Waals surface area contributed by atoms with Crippen LogP contribution in [0.2, 0.25) is 0 Å². The van der Waals surface area contributed by atoms with E-state index in [-0.39, 0.29) is 25.3 Å². The first-order chi connectivity index (χ1) is 12.4. The maximum absolute atomic E-state index is 13.7. The Labute approximate surface area is 152 Å². The fourth-order valence-corrected chi connectivity index (χ4v) is 2.92. The maximum atomic E-state index is 13.7. The Morgan fingerprint density at radius 1 is 1.12 bits per heavy atom. The van der Waals surface area contributed by atoms with Crippen LogP contribution in [0.25, 0.3) is 0 Å². The van der Waals surface area contributed by atoms with Gasteiger partial charge in [-0.3, -0.25) is 4.79 Å². The molecule has 2 aromatic rings. The second-order valence-electron chi connectivity index (χ2n) is 5.63. The van der Waals surface area contributed by atoms with Gasteiger partial charge in [-0.2, -0.15) is 4.31 Å². The molecule has 2 rings (SSSR count). The zero-order chi connectivity index (χ0) is 19.0. The molecule has 0 aliphatic carbocycles. The number of halogens is 1. The molecular weight excluding hydrogens is 359 g/mol. The number of para-hydroxylation sites is 1. The molecule has 0 heterocycles. The van der Waals surface area contributed by atoms with Crippen molar-refractivity contribution in [1.82, 2.24) is 9.62 Å². The molecule has 8 heteroatoms. The van der Waals surface area contributed by atoms with Crippen LogP contribution >= 0.6 is 0 Å². The van der Waals surface area contributed by atoms with E-state index < -0.39 is 28.3 Å². The lowest BCUT2D eigenvalue weighted by Gasteiger charge is -2.20. The summed E-state index contributed by atoms with van der Waals surface area (Å²) in [5.41, 5.74) is 0.207. The van der Waals surface area contributed by atoms with Gasteiger partial charge in [-0.05, 0) is 18.2 Å². The van der Waals surface area contributed by atoms with Crippen molar-refractivity contribution < 1.29 is 22.3 Å². The van der Waals surface area contributed by atoms with Crippen molar-refractivity contribution in [2.75, 3.05) is 26.0 Å². The number of carbonyl (C=O) groups excluding carboxylic acids is 1. The average molecular weight is 380 g/mol. The highest BCUT2D eigenvalue weighted by Gasteiger charge is 2.21. The molecule has 1 N–H and O–H groups in total. The molecule has 0 aliphatic heterocycles. The third-order valence-electron chi connectivity index (χ3n) is 3.53. The van der Waals surface area contributed by atoms with Crippen LogP contribution in [0.15, 0.2) is 54.6 Å². The molecule has 0 atom stereocenters. The highest BCUT2D eigenvalue weighted by molar-refractivity contribution is 7.88. The molecule has 1 amide bonds. The summed E-state index contributed by atoms with van der Waals surface area (Å²) in [4.78, 5) is 12.0. The highest BCUT2D eigenvalue weighted by Crippen LogP contribution is 2.12. The molecule has 0 fully saturated rings. The summed E-state index contributed by atoms with van der Waals surface area (Å²) in [6.45, 7) is -0.120. The fraction of sp³-hybridized carbons (Fsp3) is 0.278. The van der Waals surface area contributed by atoms with Crippen LogP contribution in [-0.2, 0) is 21.4 Å². The van der Waals surface area contributed by atoms with E-state index in [0.717, 1.165) is 10.6 Å². The van der Waals surface area contributed by atoms with Crippen LogP contribution in [-0.4, -0.2) is 44.6 Å². The first-order valence-corrected chi connectivity index (χ1v) is 9.84. The normalized spacial score (nSPS) is 11.3. The maximum Gasteiger partial charge on any atom is 0.235 e. The molecule has 0 bridgehead atoms. The molecule has 0 radical (unpaired) electrons. The summed E-state index contributed by atoms with van der Waals surface area (Å²) in [5, 5.41) is 2.59. The van der Waals surface area contributed by atoms with Crippen LogP contribution in [0.5, 0.6) is 5.75 Å². The predicted molar refractivity (Wildman–Crippen MR) is 96.6 cm³/mol. The molecule has 0 aromatic heterocycles. The highest BCUT2D eigenvalue weighted by atomic mass is 32.2. The molecule has 6 nitrogen and oxygen atoms in total. The van der Waals surface area contributed by atoms with E-state index in [4.69, 9.17) is 4.74 Å². The van der Waals surface area contributed by atoms with Crippen molar-refractivity contribution in [1.29, 1.82) is 0 Å².